The van der Waals surface area contributed by atoms with Gasteiger partial charge in [0.25, 0.3) is 0 Å². The average Bonchev–Trinajstić information content (AvgIpc) is 2.46. The molecule has 3 nitrogen and oxygen atoms in total. The fourth-order valence-corrected chi connectivity index (χ4v) is 2.85. The van der Waals surface area contributed by atoms with Crippen LogP contribution in [0.15, 0.2) is 18.2 Å². The van der Waals surface area contributed by atoms with E-state index in [9.17, 15) is 9.18 Å². The maximum Gasteiger partial charge on any atom is 0.309 e. The summed E-state index contributed by atoms with van der Waals surface area (Å²) in [5, 5.41) is 0. The molecule has 1 aliphatic rings. The molecule has 0 aliphatic carbocycles. The Labute approximate surface area is 132 Å². The van der Waals surface area contributed by atoms with E-state index in [-0.39, 0.29) is 23.1 Å². The first-order valence-corrected chi connectivity index (χ1v) is 8.04. The van der Waals surface area contributed by atoms with Gasteiger partial charge >= 0.3 is 5.97 Å². The van der Waals surface area contributed by atoms with Crippen molar-refractivity contribution in [3.8, 4) is 0 Å². The second-order valence-electron chi connectivity index (χ2n) is 6.93. The van der Waals surface area contributed by atoms with E-state index in [4.69, 9.17) is 4.74 Å². The molecule has 0 N–H and O–H groups in total. The number of nitrogens with zero attached hydrogens (tertiary/aromatic N) is 1. The first-order chi connectivity index (χ1) is 10.3. The minimum atomic E-state index is -0.179. The van der Waals surface area contributed by atoms with Crippen molar-refractivity contribution in [3.05, 3.63) is 29.6 Å². The number of hydrogen-bond donors (Lipinski definition) is 0. The van der Waals surface area contributed by atoms with Crippen LogP contribution in [0.2, 0.25) is 0 Å². The molecule has 0 saturated carbocycles. The monoisotopic (exact) mass is 307 g/mol. The zero-order chi connectivity index (χ0) is 16.3. The molecular weight excluding hydrogens is 281 g/mol. The molecule has 122 valence electrons. The van der Waals surface area contributed by atoms with Gasteiger partial charge in [-0.05, 0) is 42.9 Å². The summed E-state index contributed by atoms with van der Waals surface area (Å²) in [5.74, 6) is -0.346. The first kappa shape index (κ1) is 16.8. The summed E-state index contributed by atoms with van der Waals surface area (Å²) < 4.78 is 19.5. The van der Waals surface area contributed by atoms with Crippen molar-refractivity contribution >= 4 is 11.7 Å². The number of esters is 1. The van der Waals surface area contributed by atoms with E-state index < -0.39 is 0 Å². The van der Waals surface area contributed by atoms with Crippen molar-refractivity contribution in [1.29, 1.82) is 0 Å². The summed E-state index contributed by atoms with van der Waals surface area (Å²) in [4.78, 5) is 13.8. The van der Waals surface area contributed by atoms with E-state index in [1.165, 1.54) is 0 Å². The molecule has 1 aromatic rings. The van der Waals surface area contributed by atoms with Crippen LogP contribution >= 0.6 is 0 Å². The van der Waals surface area contributed by atoms with E-state index in [1.54, 1.807) is 6.07 Å². The predicted molar refractivity (Wildman–Crippen MR) is 86.7 cm³/mol. The number of anilines is 1. The van der Waals surface area contributed by atoms with Crippen molar-refractivity contribution < 1.29 is 13.9 Å². The lowest BCUT2D eigenvalue weighted by Crippen LogP contribution is -2.37. The Morgan fingerprint density at radius 2 is 1.95 bits per heavy atom. The lowest BCUT2D eigenvalue weighted by molar-refractivity contribution is -0.148. The van der Waals surface area contributed by atoms with Crippen LogP contribution in [0.5, 0.6) is 0 Å². The summed E-state index contributed by atoms with van der Waals surface area (Å²) in [6.07, 6.45) is 1.44. The number of carbonyl (C=O) groups is 1. The molecule has 0 bridgehead atoms. The van der Waals surface area contributed by atoms with E-state index >= 15 is 0 Å². The quantitative estimate of drug-likeness (QED) is 0.793. The Hall–Kier alpha value is -1.58. The second-order valence-corrected chi connectivity index (χ2v) is 6.93. The van der Waals surface area contributed by atoms with E-state index in [1.807, 2.05) is 24.0 Å². The van der Waals surface area contributed by atoms with Crippen LogP contribution in [-0.2, 0) is 14.9 Å². The van der Waals surface area contributed by atoms with Gasteiger partial charge in [0.05, 0.1) is 18.2 Å². The molecule has 1 aliphatic heterocycles. The van der Waals surface area contributed by atoms with Crippen LogP contribution in [0.25, 0.3) is 0 Å². The first-order valence-electron chi connectivity index (χ1n) is 8.04. The molecule has 22 heavy (non-hydrogen) atoms. The number of hydrogen-bond acceptors (Lipinski definition) is 3. The molecule has 0 radical (unpaired) electrons. The highest BCUT2D eigenvalue weighted by Gasteiger charge is 2.27. The topological polar surface area (TPSA) is 29.5 Å². The van der Waals surface area contributed by atoms with Crippen molar-refractivity contribution in [2.75, 3.05) is 24.6 Å². The second kappa shape index (κ2) is 6.67. The minimum Gasteiger partial charge on any atom is -0.466 e. The molecule has 0 unspecified atom stereocenters. The Balaban J connectivity index is 2.04. The zero-order valence-electron chi connectivity index (χ0n) is 14.0. The Morgan fingerprint density at radius 1 is 1.32 bits per heavy atom. The van der Waals surface area contributed by atoms with Crippen molar-refractivity contribution in [1.82, 2.24) is 0 Å². The highest BCUT2D eigenvalue weighted by atomic mass is 19.1. The Bertz CT molecular complexity index is 528. The number of halogens is 1. The third-order valence-corrected chi connectivity index (χ3v) is 4.27. The van der Waals surface area contributed by atoms with Crippen LogP contribution in [0.3, 0.4) is 0 Å². The summed E-state index contributed by atoms with van der Waals surface area (Å²) in [6, 6.07) is 5.49. The number of piperidine rings is 1. The predicted octanol–water partition coefficient (Wildman–Crippen LogP) is 3.90. The maximum atomic E-state index is 14.4. The van der Waals surface area contributed by atoms with Gasteiger partial charge in [0.15, 0.2) is 0 Å². The van der Waals surface area contributed by atoms with Crippen molar-refractivity contribution in [2.45, 2.75) is 46.0 Å². The molecular formula is C18H26FNO2. The molecule has 0 aromatic heterocycles. The Kier molecular flexibility index (Phi) is 5.09. The maximum absolute atomic E-state index is 14.4. The van der Waals surface area contributed by atoms with E-state index in [2.05, 4.69) is 20.8 Å². The third kappa shape index (κ3) is 3.79. The zero-order valence-corrected chi connectivity index (χ0v) is 14.0. The number of carbonyl (C=O) groups excluding carboxylic acids is 1. The van der Waals surface area contributed by atoms with Gasteiger partial charge < -0.3 is 9.64 Å². The molecule has 0 atom stereocenters. The molecule has 0 spiro atoms. The molecule has 1 fully saturated rings. The van der Waals surface area contributed by atoms with Crippen LogP contribution in [0.4, 0.5) is 10.1 Å². The van der Waals surface area contributed by atoms with Gasteiger partial charge in [0.1, 0.15) is 5.82 Å². The lowest BCUT2D eigenvalue weighted by Gasteiger charge is -2.33. The fraction of sp³-hybridized carbons (Fsp3) is 0.611. The van der Waals surface area contributed by atoms with Crippen LogP contribution in [0, 0.1) is 11.7 Å². The van der Waals surface area contributed by atoms with Crippen LogP contribution in [0.1, 0.15) is 46.1 Å². The number of ether oxygens (including phenoxy) is 1. The van der Waals surface area contributed by atoms with Gasteiger partial charge in [-0.3, -0.25) is 4.79 Å². The summed E-state index contributed by atoms with van der Waals surface area (Å²) in [7, 11) is 0. The third-order valence-electron chi connectivity index (χ3n) is 4.27. The van der Waals surface area contributed by atoms with Gasteiger partial charge in [-0.2, -0.15) is 0 Å². The average molecular weight is 307 g/mol. The van der Waals surface area contributed by atoms with Gasteiger partial charge in [0, 0.05) is 13.1 Å². The van der Waals surface area contributed by atoms with E-state index in [0.29, 0.717) is 25.4 Å². The van der Waals surface area contributed by atoms with Crippen LogP contribution in [-0.4, -0.2) is 25.7 Å². The van der Waals surface area contributed by atoms with Gasteiger partial charge in [-0.15, -0.1) is 0 Å². The van der Waals surface area contributed by atoms with Crippen molar-refractivity contribution in [2.24, 2.45) is 5.92 Å². The fourth-order valence-electron chi connectivity index (χ4n) is 2.85. The van der Waals surface area contributed by atoms with Gasteiger partial charge in [-0.1, -0.05) is 26.8 Å². The summed E-state index contributed by atoms with van der Waals surface area (Å²) in [5.41, 5.74) is 1.57. The summed E-state index contributed by atoms with van der Waals surface area (Å²) in [6.45, 7) is 9.84. The van der Waals surface area contributed by atoms with Gasteiger partial charge in [0.2, 0.25) is 0 Å². The normalized spacial score (nSPS) is 16.7. The highest BCUT2D eigenvalue weighted by molar-refractivity contribution is 5.73. The number of benzene rings is 1. The van der Waals surface area contributed by atoms with Gasteiger partial charge in [-0.25, -0.2) is 4.39 Å². The molecule has 1 aromatic carbocycles. The largest absolute Gasteiger partial charge is 0.466 e. The molecule has 2 rings (SSSR count). The highest BCUT2D eigenvalue weighted by Crippen LogP contribution is 2.30. The number of rotatable bonds is 3. The molecule has 1 saturated heterocycles. The molecule has 4 heteroatoms. The Morgan fingerprint density at radius 3 is 2.45 bits per heavy atom. The molecule has 0 amide bonds. The lowest BCUT2D eigenvalue weighted by atomic mass is 9.87. The van der Waals surface area contributed by atoms with Crippen LogP contribution < -0.4 is 4.90 Å². The standard InChI is InChI=1S/C18H26FNO2/c1-5-22-17(21)13-8-10-20(11-9-13)16-7-6-14(12-15(16)19)18(2,3)4/h6-7,12-13H,5,8-11H2,1-4H3. The smallest absolute Gasteiger partial charge is 0.309 e. The van der Waals surface area contributed by atoms with E-state index in [0.717, 1.165) is 18.4 Å². The summed E-state index contributed by atoms with van der Waals surface area (Å²) >= 11 is 0. The van der Waals surface area contributed by atoms with Crippen molar-refractivity contribution in [3.63, 3.8) is 0 Å². The minimum absolute atomic E-state index is 0.0480. The SMILES string of the molecule is CCOC(=O)C1CCN(c2ccc(C(C)(C)C)cc2F)CC1. The molecule has 1 heterocycles.